The fourth-order valence-electron chi connectivity index (χ4n) is 1.06. The van der Waals surface area contributed by atoms with Gasteiger partial charge in [-0.1, -0.05) is 0 Å². The highest BCUT2D eigenvalue weighted by molar-refractivity contribution is 7.86. The number of carbonyl (C=O) groups is 1. The van der Waals surface area contributed by atoms with Gasteiger partial charge in [-0.15, -0.1) is 0 Å². The molecule has 1 atom stereocenters. The van der Waals surface area contributed by atoms with E-state index in [-0.39, 0.29) is 13.0 Å². The lowest BCUT2D eigenvalue weighted by Gasteiger charge is -2.09. The van der Waals surface area contributed by atoms with Crippen molar-refractivity contribution in [3.8, 4) is 0 Å². The van der Waals surface area contributed by atoms with Crippen LogP contribution in [0.3, 0.4) is 0 Å². The molecule has 1 fully saturated rings. The summed E-state index contributed by atoms with van der Waals surface area (Å²) in [5, 5.41) is 0. The molecule has 1 heterocycles. The van der Waals surface area contributed by atoms with E-state index in [2.05, 4.69) is 13.7 Å². The first-order valence-corrected chi connectivity index (χ1v) is 6.03. The molecule has 0 N–H and O–H groups in total. The van der Waals surface area contributed by atoms with Gasteiger partial charge in [-0.05, 0) is 0 Å². The number of ether oxygens (including phenoxy) is 2. The van der Waals surface area contributed by atoms with E-state index in [1.165, 1.54) is 0 Å². The Labute approximate surface area is 94.8 Å². The second-order valence-electron chi connectivity index (χ2n) is 3.23. The van der Waals surface area contributed by atoms with Crippen LogP contribution < -0.4 is 0 Å². The van der Waals surface area contributed by atoms with Gasteiger partial charge in [-0.2, -0.15) is 21.6 Å². The fraction of sp³-hybridized carbons (Fsp3) is 0.857. The van der Waals surface area contributed by atoms with Crippen molar-refractivity contribution in [1.82, 2.24) is 0 Å². The predicted molar refractivity (Wildman–Crippen MR) is 46.6 cm³/mol. The van der Waals surface area contributed by atoms with Crippen LogP contribution in [0.15, 0.2) is 0 Å². The standard InChI is InChI=1S/C7H9F3O6S/c8-7(9,10)4-17(12,13)15-2-1-5-3-14-6(11)16-5/h5H,1-4H2. The molecule has 1 aliphatic heterocycles. The van der Waals surface area contributed by atoms with Gasteiger partial charge in [-0.3, -0.25) is 4.18 Å². The molecule has 0 aromatic rings. The van der Waals surface area contributed by atoms with Crippen LogP contribution >= 0.6 is 0 Å². The van der Waals surface area contributed by atoms with Gasteiger partial charge in [0, 0.05) is 6.42 Å². The lowest BCUT2D eigenvalue weighted by molar-refractivity contribution is -0.107. The fourth-order valence-corrected chi connectivity index (χ4v) is 1.89. The van der Waals surface area contributed by atoms with Crippen LogP contribution in [0.2, 0.25) is 0 Å². The number of alkyl halides is 3. The van der Waals surface area contributed by atoms with Gasteiger partial charge >= 0.3 is 12.3 Å². The summed E-state index contributed by atoms with van der Waals surface area (Å²) >= 11 is 0. The molecule has 0 saturated carbocycles. The maximum absolute atomic E-state index is 11.8. The van der Waals surface area contributed by atoms with Gasteiger partial charge in [0.05, 0.1) is 6.61 Å². The molecule has 0 aromatic heterocycles. The molecule has 1 aliphatic rings. The van der Waals surface area contributed by atoms with E-state index in [0.717, 1.165) is 0 Å². The van der Waals surface area contributed by atoms with Crippen LogP contribution in [0, 0.1) is 0 Å². The van der Waals surface area contributed by atoms with E-state index < -0.39 is 40.9 Å². The number of hydrogen-bond donors (Lipinski definition) is 0. The summed E-state index contributed by atoms with van der Waals surface area (Å²) in [7, 11) is -4.65. The van der Waals surface area contributed by atoms with Crippen molar-refractivity contribution >= 4 is 16.3 Å². The molecule has 17 heavy (non-hydrogen) atoms. The molecule has 0 amide bonds. The van der Waals surface area contributed by atoms with Crippen molar-refractivity contribution in [2.75, 3.05) is 19.0 Å². The lowest BCUT2D eigenvalue weighted by Crippen LogP contribution is -2.25. The van der Waals surface area contributed by atoms with Crippen molar-refractivity contribution in [1.29, 1.82) is 0 Å². The lowest BCUT2D eigenvalue weighted by atomic mass is 10.3. The summed E-state index contributed by atoms with van der Waals surface area (Å²) in [4.78, 5) is 10.4. The zero-order valence-corrected chi connectivity index (χ0v) is 9.21. The molecule has 100 valence electrons. The summed E-state index contributed by atoms with van der Waals surface area (Å²) < 4.78 is 70.0. The van der Waals surface area contributed by atoms with Crippen molar-refractivity contribution in [3.63, 3.8) is 0 Å². The third kappa shape index (κ3) is 5.73. The number of halogens is 3. The first kappa shape index (κ1) is 14.0. The zero-order valence-electron chi connectivity index (χ0n) is 8.40. The molecular weight excluding hydrogens is 269 g/mol. The van der Waals surface area contributed by atoms with Gasteiger partial charge in [-0.25, -0.2) is 4.79 Å². The monoisotopic (exact) mass is 278 g/mol. The molecule has 0 radical (unpaired) electrons. The molecule has 0 aromatic carbocycles. The molecule has 10 heteroatoms. The van der Waals surface area contributed by atoms with Gasteiger partial charge in [0.2, 0.25) is 0 Å². The Hall–Kier alpha value is -1.03. The van der Waals surface area contributed by atoms with Gasteiger partial charge in [0.1, 0.15) is 12.7 Å². The second-order valence-corrected chi connectivity index (χ2v) is 4.87. The molecule has 0 aliphatic carbocycles. The van der Waals surface area contributed by atoms with E-state index >= 15 is 0 Å². The van der Waals surface area contributed by atoms with Gasteiger partial charge in [0.25, 0.3) is 10.1 Å². The van der Waals surface area contributed by atoms with Crippen LogP contribution in [0.25, 0.3) is 0 Å². The SMILES string of the molecule is O=C1OCC(CCOS(=O)(=O)CC(F)(F)F)O1. The number of hydrogen-bond acceptors (Lipinski definition) is 6. The largest absolute Gasteiger partial charge is 0.508 e. The Morgan fingerprint density at radius 3 is 2.53 bits per heavy atom. The quantitative estimate of drug-likeness (QED) is 0.547. The maximum Gasteiger partial charge on any atom is 0.508 e. The van der Waals surface area contributed by atoms with Gasteiger partial charge < -0.3 is 9.47 Å². The molecule has 6 nitrogen and oxygen atoms in total. The minimum absolute atomic E-state index is 0.0528. The number of rotatable bonds is 5. The second kappa shape index (κ2) is 5.08. The maximum atomic E-state index is 11.8. The molecular formula is C7H9F3O6S. The summed E-state index contributed by atoms with van der Waals surface area (Å²) in [6.45, 7) is -0.568. The smallest absolute Gasteiger partial charge is 0.430 e. The molecule has 0 bridgehead atoms. The predicted octanol–water partition coefficient (Wildman–Crippen LogP) is 0.821. The zero-order chi connectivity index (χ0) is 13.1. The van der Waals surface area contributed by atoms with Crippen LogP contribution in [0.5, 0.6) is 0 Å². The summed E-state index contributed by atoms with van der Waals surface area (Å²) in [5.41, 5.74) is 0. The Morgan fingerprint density at radius 1 is 1.41 bits per heavy atom. The van der Waals surface area contributed by atoms with Crippen molar-refractivity contribution in [3.05, 3.63) is 0 Å². The Morgan fingerprint density at radius 2 is 2.06 bits per heavy atom. The third-order valence-electron chi connectivity index (χ3n) is 1.69. The topological polar surface area (TPSA) is 78.9 Å². The first-order chi connectivity index (χ1) is 7.68. The summed E-state index contributed by atoms with van der Waals surface area (Å²) in [6.07, 6.45) is -6.48. The number of cyclic esters (lactones) is 2. The Bertz CT molecular complexity index is 376. The van der Waals surface area contributed by atoms with Crippen LogP contribution in [-0.4, -0.2) is 45.8 Å². The Kier molecular flexibility index (Phi) is 4.20. The molecule has 0 spiro atoms. The minimum atomic E-state index is -4.85. The normalized spacial score (nSPS) is 21.1. The number of carbonyl (C=O) groups excluding carboxylic acids is 1. The van der Waals surface area contributed by atoms with Crippen LogP contribution in [0.1, 0.15) is 6.42 Å². The molecule has 1 saturated heterocycles. The van der Waals surface area contributed by atoms with Crippen molar-refractivity contribution in [2.45, 2.75) is 18.7 Å². The highest BCUT2D eigenvalue weighted by atomic mass is 32.2. The van der Waals surface area contributed by atoms with Crippen molar-refractivity contribution in [2.24, 2.45) is 0 Å². The van der Waals surface area contributed by atoms with E-state index in [0.29, 0.717) is 0 Å². The summed E-state index contributed by atoms with van der Waals surface area (Å²) in [5.74, 6) is -2.04. The molecule has 1 unspecified atom stereocenters. The van der Waals surface area contributed by atoms with Crippen LogP contribution in [0.4, 0.5) is 18.0 Å². The Balaban J connectivity index is 2.28. The van der Waals surface area contributed by atoms with Crippen LogP contribution in [-0.2, 0) is 23.8 Å². The summed E-state index contributed by atoms with van der Waals surface area (Å²) in [6, 6.07) is 0. The van der Waals surface area contributed by atoms with Gasteiger partial charge in [0.15, 0.2) is 5.75 Å². The average Bonchev–Trinajstić information content (AvgIpc) is 2.46. The third-order valence-corrected chi connectivity index (χ3v) is 2.90. The highest BCUT2D eigenvalue weighted by Crippen LogP contribution is 2.18. The average molecular weight is 278 g/mol. The molecule has 1 rings (SSSR count). The van der Waals surface area contributed by atoms with E-state index in [9.17, 15) is 26.4 Å². The highest BCUT2D eigenvalue weighted by Gasteiger charge is 2.36. The minimum Gasteiger partial charge on any atom is -0.430 e. The van der Waals surface area contributed by atoms with Crippen molar-refractivity contribution < 1.29 is 40.0 Å². The van der Waals surface area contributed by atoms with E-state index in [4.69, 9.17) is 0 Å². The van der Waals surface area contributed by atoms with E-state index in [1.54, 1.807) is 0 Å². The first-order valence-electron chi connectivity index (χ1n) is 4.45. The van der Waals surface area contributed by atoms with E-state index in [1.807, 2.05) is 0 Å².